The molecule has 1 heterocycles. The highest BCUT2D eigenvalue weighted by molar-refractivity contribution is 7.99. The maximum absolute atomic E-state index is 12.9. The number of hydrogen-bond acceptors (Lipinski definition) is 5. The van der Waals surface area contributed by atoms with Crippen molar-refractivity contribution in [1.82, 2.24) is 14.8 Å². The summed E-state index contributed by atoms with van der Waals surface area (Å²) >= 11 is 7.43. The Morgan fingerprint density at radius 1 is 0.971 bits per heavy atom. The van der Waals surface area contributed by atoms with E-state index in [9.17, 15) is 4.79 Å². The lowest BCUT2D eigenvalue weighted by Gasteiger charge is -2.12. The van der Waals surface area contributed by atoms with E-state index in [-0.39, 0.29) is 11.7 Å². The van der Waals surface area contributed by atoms with Crippen LogP contribution in [0.15, 0.2) is 96.2 Å². The topological polar surface area (TPSA) is 69.0 Å². The van der Waals surface area contributed by atoms with E-state index in [4.69, 9.17) is 16.3 Å². The molecule has 0 aliphatic rings. The first-order chi connectivity index (χ1) is 17.1. The molecule has 1 amide bonds. The van der Waals surface area contributed by atoms with Crippen LogP contribution in [0, 0.1) is 0 Å². The molecule has 1 aromatic heterocycles. The fourth-order valence-corrected chi connectivity index (χ4v) is 4.66. The number of aromatic nitrogens is 3. The Kier molecular flexibility index (Phi) is 6.70. The van der Waals surface area contributed by atoms with Crippen LogP contribution in [0.4, 0.5) is 5.69 Å². The average molecular weight is 501 g/mol. The van der Waals surface area contributed by atoms with Crippen LogP contribution < -0.4 is 10.1 Å². The van der Waals surface area contributed by atoms with Crippen molar-refractivity contribution in [3.05, 3.63) is 96.0 Å². The summed E-state index contributed by atoms with van der Waals surface area (Å²) in [6, 6.07) is 28.9. The van der Waals surface area contributed by atoms with Gasteiger partial charge in [0, 0.05) is 27.3 Å². The molecule has 0 fully saturated rings. The summed E-state index contributed by atoms with van der Waals surface area (Å²) in [5.41, 5.74) is 2.47. The molecule has 5 aromatic rings. The monoisotopic (exact) mass is 500 g/mol. The zero-order chi connectivity index (χ0) is 24.2. The van der Waals surface area contributed by atoms with E-state index in [0.717, 1.165) is 33.5 Å². The third kappa shape index (κ3) is 5.01. The predicted octanol–water partition coefficient (Wildman–Crippen LogP) is 6.48. The van der Waals surface area contributed by atoms with Crippen molar-refractivity contribution in [2.45, 2.75) is 5.16 Å². The summed E-state index contributed by atoms with van der Waals surface area (Å²) in [7, 11) is 1.62. The van der Waals surface area contributed by atoms with E-state index < -0.39 is 0 Å². The van der Waals surface area contributed by atoms with Gasteiger partial charge in [0.15, 0.2) is 11.0 Å². The van der Waals surface area contributed by atoms with Crippen molar-refractivity contribution in [1.29, 1.82) is 0 Å². The van der Waals surface area contributed by atoms with Gasteiger partial charge in [0.2, 0.25) is 5.91 Å². The molecule has 0 unspecified atom stereocenters. The van der Waals surface area contributed by atoms with Gasteiger partial charge in [-0.3, -0.25) is 9.36 Å². The van der Waals surface area contributed by atoms with Gasteiger partial charge in [-0.2, -0.15) is 0 Å². The van der Waals surface area contributed by atoms with Gasteiger partial charge in [0.25, 0.3) is 0 Å². The lowest BCUT2D eigenvalue weighted by Crippen LogP contribution is -2.14. The molecule has 0 spiro atoms. The first kappa shape index (κ1) is 23.0. The van der Waals surface area contributed by atoms with Crippen molar-refractivity contribution < 1.29 is 9.53 Å². The van der Waals surface area contributed by atoms with E-state index in [1.54, 1.807) is 7.11 Å². The van der Waals surface area contributed by atoms with Crippen LogP contribution in [-0.2, 0) is 4.79 Å². The first-order valence-electron chi connectivity index (χ1n) is 10.9. The van der Waals surface area contributed by atoms with E-state index in [1.807, 2.05) is 95.6 Å². The zero-order valence-electron chi connectivity index (χ0n) is 18.8. The van der Waals surface area contributed by atoms with E-state index >= 15 is 0 Å². The van der Waals surface area contributed by atoms with Crippen molar-refractivity contribution in [2.24, 2.45) is 0 Å². The van der Waals surface area contributed by atoms with Gasteiger partial charge in [-0.05, 0) is 47.9 Å². The number of methoxy groups -OCH3 is 1. The second-order valence-electron chi connectivity index (χ2n) is 7.71. The van der Waals surface area contributed by atoms with Crippen LogP contribution in [-0.4, -0.2) is 33.5 Å². The predicted molar refractivity (Wildman–Crippen MR) is 142 cm³/mol. The maximum atomic E-state index is 12.9. The molecule has 0 aliphatic heterocycles. The molecule has 0 saturated carbocycles. The van der Waals surface area contributed by atoms with Crippen molar-refractivity contribution in [3.63, 3.8) is 0 Å². The van der Waals surface area contributed by atoms with E-state index in [1.165, 1.54) is 11.8 Å². The Bertz CT molecular complexity index is 1500. The summed E-state index contributed by atoms with van der Waals surface area (Å²) in [4.78, 5) is 12.9. The molecule has 0 radical (unpaired) electrons. The number of carbonyl (C=O) groups is 1. The highest BCUT2D eigenvalue weighted by Crippen LogP contribution is 2.30. The molecule has 0 atom stereocenters. The van der Waals surface area contributed by atoms with Gasteiger partial charge in [-0.25, -0.2) is 0 Å². The normalized spacial score (nSPS) is 10.9. The van der Waals surface area contributed by atoms with Crippen LogP contribution in [0.5, 0.6) is 5.75 Å². The third-order valence-corrected chi connectivity index (χ3v) is 6.62. The molecule has 8 heteroatoms. The molecule has 0 aliphatic carbocycles. The molecular formula is C27H21ClN4O2S. The van der Waals surface area contributed by atoms with Gasteiger partial charge in [-0.1, -0.05) is 71.9 Å². The van der Waals surface area contributed by atoms with Gasteiger partial charge in [0.1, 0.15) is 5.75 Å². The summed E-state index contributed by atoms with van der Waals surface area (Å²) in [6.45, 7) is 0. The van der Waals surface area contributed by atoms with E-state index in [0.29, 0.717) is 16.0 Å². The lowest BCUT2D eigenvalue weighted by atomic mass is 10.1. The molecule has 35 heavy (non-hydrogen) atoms. The molecule has 0 saturated heterocycles. The van der Waals surface area contributed by atoms with Crippen LogP contribution >= 0.6 is 23.4 Å². The Labute approximate surface area is 211 Å². The highest BCUT2D eigenvalue weighted by atomic mass is 35.5. The van der Waals surface area contributed by atoms with Crippen molar-refractivity contribution in [3.8, 4) is 22.8 Å². The molecule has 5 rings (SSSR count). The van der Waals surface area contributed by atoms with Gasteiger partial charge >= 0.3 is 0 Å². The number of anilines is 1. The Morgan fingerprint density at radius 3 is 2.57 bits per heavy atom. The summed E-state index contributed by atoms with van der Waals surface area (Å²) in [6.07, 6.45) is 0. The van der Waals surface area contributed by atoms with Crippen LogP contribution in [0.3, 0.4) is 0 Å². The zero-order valence-corrected chi connectivity index (χ0v) is 20.4. The van der Waals surface area contributed by atoms with Gasteiger partial charge < -0.3 is 10.1 Å². The minimum Gasteiger partial charge on any atom is -0.497 e. The van der Waals surface area contributed by atoms with Gasteiger partial charge in [0.05, 0.1) is 12.9 Å². The summed E-state index contributed by atoms with van der Waals surface area (Å²) < 4.78 is 7.30. The quantitative estimate of drug-likeness (QED) is 0.259. The highest BCUT2D eigenvalue weighted by Gasteiger charge is 2.18. The summed E-state index contributed by atoms with van der Waals surface area (Å²) in [5.74, 6) is 1.41. The second kappa shape index (κ2) is 10.2. The SMILES string of the molecule is COc1cccc(-c2nnc(SCC(=O)Nc3cccc4ccccc34)n2-c2ccc(Cl)cc2)c1. The molecule has 1 N–H and O–H groups in total. The fraction of sp³-hybridized carbons (Fsp3) is 0.0741. The van der Waals surface area contributed by atoms with Crippen LogP contribution in [0.2, 0.25) is 5.02 Å². The Hall–Kier alpha value is -3.81. The molecule has 0 bridgehead atoms. The maximum Gasteiger partial charge on any atom is 0.234 e. The minimum atomic E-state index is -0.125. The average Bonchev–Trinajstić information content (AvgIpc) is 3.32. The van der Waals surface area contributed by atoms with Crippen molar-refractivity contribution in [2.75, 3.05) is 18.2 Å². The van der Waals surface area contributed by atoms with Gasteiger partial charge in [-0.15, -0.1) is 10.2 Å². The first-order valence-corrected chi connectivity index (χ1v) is 12.2. The number of carbonyl (C=O) groups excluding carboxylic acids is 1. The number of benzene rings is 4. The lowest BCUT2D eigenvalue weighted by molar-refractivity contribution is -0.113. The smallest absolute Gasteiger partial charge is 0.234 e. The minimum absolute atomic E-state index is 0.125. The van der Waals surface area contributed by atoms with E-state index in [2.05, 4.69) is 15.5 Å². The number of thioether (sulfide) groups is 1. The Balaban J connectivity index is 1.42. The van der Waals surface area contributed by atoms with Crippen molar-refractivity contribution >= 4 is 45.7 Å². The number of halogens is 1. The number of hydrogen-bond donors (Lipinski definition) is 1. The standard InChI is InChI=1S/C27H21ClN4O2S/c1-34-22-9-4-8-19(16-22)26-30-31-27(32(26)21-14-12-20(28)13-15-21)35-17-25(33)29-24-11-5-7-18-6-2-3-10-23(18)24/h2-16H,17H2,1H3,(H,29,33). The summed E-state index contributed by atoms with van der Waals surface area (Å²) in [5, 5.41) is 15.2. The second-order valence-corrected chi connectivity index (χ2v) is 9.09. The Morgan fingerprint density at radius 2 is 1.74 bits per heavy atom. The third-order valence-electron chi connectivity index (χ3n) is 5.44. The largest absolute Gasteiger partial charge is 0.497 e. The van der Waals surface area contributed by atoms with Crippen LogP contribution in [0.25, 0.3) is 27.8 Å². The fourth-order valence-electron chi connectivity index (χ4n) is 3.79. The number of fused-ring (bicyclic) bond motifs is 1. The molecule has 4 aromatic carbocycles. The number of amides is 1. The number of nitrogens with one attached hydrogen (secondary N) is 1. The number of nitrogens with zero attached hydrogens (tertiary/aromatic N) is 3. The molecular weight excluding hydrogens is 480 g/mol. The number of rotatable bonds is 7. The van der Waals surface area contributed by atoms with Crippen LogP contribution in [0.1, 0.15) is 0 Å². The number of ether oxygens (including phenoxy) is 1. The molecule has 6 nitrogen and oxygen atoms in total. The molecule has 174 valence electrons.